The van der Waals surface area contributed by atoms with Gasteiger partial charge in [-0.25, -0.2) is 9.97 Å². The lowest BCUT2D eigenvalue weighted by Gasteiger charge is -2.34. The molecule has 1 amide bonds. The number of carbonyl (C=O) groups excluding carboxylic acids is 1. The van der Waals surface area contributed by atoms with Crippen molar-refractivity contribution >= 4 is 17.5 Å². The van der Waals surface area contributed by atoms with Gasteiger partial charge in [0.1, 0.15) is 18.0 Å². The topological polar surface area (TPSA) is 61.4 Å². The molecule has 6 heteroatoms. The predicted octanol–water partition coefficient (Wildman–Crippen LogP) is 2.92. The summed E-state index contributed by atoms with van der Waals surface area (Å²) in [7, 11) is 0. The molecule has 0 radical (unpaired) electrons. The molecule has 0 bridgehead atoms. The van der Waals surface area contributed by atoms with Crippen LogP contribution in [0.1, 0.15) is 51.9 Å². The Morgan fingerprint density at radius 2 is 2.04 bits per heavy atom. The Morgan fingerprint density at radius 3 is 2.84 bits per heavy atom. The molecule has 0 saturated carbocycles. The average Bonchev–Trinajstić information content (AvgIpc) is 2.67. The maximum absolute atomic E-state index is 12.4. The Labute approximate surface area is 151 Å². The van der Waals surface area contributed by atoms with Crippen molar-refractivity contribution in [2.45, 2.75) is 51.9 Å². The highest BCUT2D eigenvalue weighted by atomic mass is 16.2. The summed E-state index contributed by atoms with van der Waals surface area (Å²) in [5.74, 6) is 2.82. The van der Waals surface area contributed by atoms with Crippen LogP contribution >= 0.6 is 0 Å². The fourth-order valence-corrected chi connectivity index (χ4v) is 3.94. The molecule has 0 aromatic carbocycles. The smallest absolute Gasteiger partial charge is 0.222 e. The van der Waals surface area contributed by atoms with Crippen LogP contribution in [0.15, 0.2) is 12.4 Å². The number of hydrogen-bond donors (Lipinski definition) is 1. The molecule has 0 aliphatic carbocycles. The quantitative estimate of drug-likeness (QED) is 0.859. The Bertz CT molecular complexity index is 559. The zero-order valence-corrected chi connectivity index (χ0v) is 15.4. The number of piperidine rings is 2. The number of hydrogen-bond acceptors (Lipinski definition) is 5. The largest absolute Gasteiger partial charge is 0.370 e. The lowest BCUT2D eigenvalue weighted by atomic mass is 9.93. The van der Waals surface area contributed by atoms with E-state index in [4.69, 9.17) is 0 Å². The van der Waals surface area contributed by atoms with E-state index in [0.717, 1.165) is 50.8 Å². The zero-order valence-electron chi connectivity index (χ0n) is 15.4. The lowest BCUT2D eigenvalue weighted by Crippen LogP contribution is -2.38. The van der Waals surface area contributed by atoms with E-state index in [1.54, 1.807) is 6.33 Å². The fourth-order valence-electron chi connectivity index (χ4n) is 3.94. The molecule has 3 heterocycles. The van der Waals surface area contributed by atoms with Crippen molar-refractivity contribution in [3.8, 4) is 0 Å². The van der Waals surface area contributed by atoms with E-state index in [1.165, 1.54) is 32.1 Å². The number of amides is 1. The van der Waals surface area contributed by atoms with Gasteiger partial charge in [0.25, 0.3) is 0 Å². The third-order valence-electron chi connectivity index (χ3n) is 5.33. The number of likely N-dealkylation sites (tertiary alicyclic amines) is 1. The second-order valence-electron chi connectivity index (χ2n) is 7.23. The van der Waals surface area contributed by atoms with E-state index < -0.39 is 0 Å². The molecule has 0 spiro atoms. The van der Waals surface area contributed by atoms with Gasteiger partial charge in [0.05, 0.1) is 0 Å². The lowest BCUT2D eigenvalue weighted by molar-refractivity contribution is -0.132. The summed E-state index contributed by atoms with van der Waals surface area (Å²) in [5.41, 5.74) is 0. The third kappa shape index (κ3) is 5.06. The van der Waals surface area contributed by atoms with Gasteiger partial charge in [-0.3, -0.25) is 4.79 Å². The second kappa shape index (κ2) is 9.02. The molecule has 1 aromatic rings. The van der Waals surface area contributed by atoms with Crippen molar-refractivity contribution in [2.24, 2.45) is 5.92 Å². The van der Waals surface area contributed by atoms with E-state index in [0.29, 0.717) is 18.2 Å². The van der Waals surface area contributed by atoms with Crippen LogP contribution in [0, 0.1) is 5.92 Å². The van der Waals surface area contributed by atoms with Gasteiger partial charge < -0.3 is 15.1 Å². The highest BCUT2D eigenvalue weighted by Crippen LogP contribution is 2.26. The van der Waals surface area contributed by atoms with E-state index >= 15 is 0 Å². The first kappa shape index (κ1) is 18.0. The van der Waals surface area contributed by atoms with Crippen LogP contribution in [0.4, 0.5) is 11.6 Å². The van der Waals surface area contributed by atoms with Gasteiger partial charge in [-0.15, -0.1) is 0 Å². The second-order valence-corrected chi connectivity index (χ2v) is 7.23. The number of nitrogens with zero attached hydrogens (tertiary/aromatic N) is 4. The number of aromatic nitrogens is 2. The Morgan fingerprint density at radius 1 is 1.20 bits per heavy atom. The summed E-state index contributed by atoms with van der Waals surface area (Å²) in [6, 6.07) is 2.03. The summed E-state index contributed by atoms with van der Waals surface area (Å²) in [4.78, 5) is 25.5. The van der Waals surface area contributed by atoms with Crippen molar-refractivity contribution in [2.75, 3.05) is 42.9 Å². The molecule has 3 rings (SSSR count). The van der Waals surface area contributed by atoms with Gasteiger partial charge in [0, 0.05) is 45.2 Å². The monoisotopic (exact) mass is 345 g/mol. The SMILES string of the molecule is CCNc1cc(N2CCC[C@H](CCC(=O)N3CCCCC3)C2)ncn1. The first-order chi connectivity index (χ1) is 12.3. The molecular formula is C19H31N5O. The number of nitrogens with one attached hydrogen (secondary N) is 1. The van der Waals surface area contributed by atoms with Crippen LogP contribution in [0.25, 0.3) is 0 Å². The average molecular weight is 345 g/mol. The Hall–Kier alpha value is -1.85. The van der Waals surface area contributed by atoms with Crippen molar-refractivity contribution in [1.29, 1.82) is 0 Å². The van der Waals surface area contributed by atoms with Gasteiger partial charge in [-0.2, -0.15) is 0 Å². The molecule has 2 aliphatic heterocycles. The molecule has 138 valence electrons. The first-order valence-corrected chi connectivity index (χ1v) is 9.85. The van der Waals surface area contributed by atoms with Crippen molar-refractivity contribution in [1.82, 2.24) is 14.9 Å². The van der Waals surface area contributed by atoms with Gasteiger partial charge in [0.2, 0.25) is 5.91 Å². The highest BCUT2D eigenvalue weighted by molar-refractivity contribution is 5.76. The normalized spacial score (nSPS) is 21.2. The molecule has 1 atom stereocenters. The van der Waals surface area contributed by atoms with Crippen molar-refractivity contribution in [3.63, 3.8) is 0 Å². The van der Waals surface area contributed by atoms with E-state index in [2.05, 4.69) is 32.0 Å². The molecule has 2 fully saturated rings. The fraction of sp³-hybridized carbons (Fsp3) is 0.737. The number of rotatable bonds is 6. The first-order valence-electron chi connectivity index (χ1n) is 9.85. The summed E-state index contributed by atoms with van der Waals surface area (Å²) in [5, 5.41) is 3.25. The highest BCUT2D eigenvalue weighted by Gasteiger charge is 2.23. The van der Waals surface area contributed by atoms with Crippen LogP contribution in [-0.2, 0) is 4.79 Å². The summed E-state index contributed by atoms with van der Waals surface area (Å²) < 4.78 is 0. The van der Waals surface area contributed by atoms with Gasteiger partial charge >= 0.3 is 0 Å². The molecule has 6 nitrogen and oxygen atoms in total. The third-order valence-corrected chi connectivity index (χ3v) is 5.33. The predicted molar refractivity (Wildman–Crippen MR) is 101 cm³/mol. The summed E-state index contributed by atoms with van der Waals surface area (Å²) >= 11 is 0. The Kier molecular flexibility index (Phi) is 6.48. The minimum Gasteiger partial charge on any atom is -0.370 e. The minimum atomic E-state index is 0.355. The molecule has 2 saturated heterocycles. The maximum Gasteiger partial charge on any atom is 0.222 e. The molecule has 25 heavy (non-hydrogen) atoms. The van der Waals surface area contributed by atoms with Gasteiger partial charge in [-0.05, 0) is 51.4 Å². The zero-order chi connectivity index (χ0) is 17.5. The summed E-state index contributed by atoms with van der Waals surface area (Å²) in [6.45, 7) is 6.89. The van der Waals surface area contributed by atoms with E-state index in [1.807, 2.05) is 6.07 Å². The minimum absolute atomic E-state index is 0.355. The number of carbonyl (C=O) groups is 1. The molecular weight excluding hydrogens is 314 g/mol. The standard InChI is InChI=1S/C19H31N5O/c1-2-20-17-13-18(22-15-21-17)24-12-6-7-16(14-24)8-9-19(25)23-10-4-3-5-11-23/h13,15-16H,2-12,14H2,1H3,(H,20,21,22)/t16-/m1/s1. The van der Waals surface area contributed by atoms with Crippen LogP contribution < -0.4 is 10.2 Å². The number of anilines is 2. The molecule has 1 N–H and O–H groups in total. The molecule has 0 unspecified atom stereocenters. The van der Waals surface area contributed by atoms with E-state index in [-0.39, 0.29) is 0 Å². The van der Waals surface area contributed by atoms with Gasteiger partial charge in [-0.1, -0.05) is 0 Å². The van der Waals surface area contributed by atoms with Crippen LogP contribution in [-0.4, -0.2) is 53.5 Å². The van der Waals surface area contributed by atoms with Crippen molar-refractivity contribution < 1.29 is 4.79 Å². The maximum atomic E-state index is 12.4. The van der Waals surface area contributed by atoms with Crippen molar-refractivity contribution in [3.05, 3.63) is 12.4 Å². The molecule has 1 aromatic heterocycles. The van der Waals surface area contributed by atoms with Gasteiger partial charge in [0.15, 0.2) is 0 Å². The van der Waals surface area contributed by atoms with E-state index in [9.17, 15) is 4.79 Å². The Balaban J connectivity index is 1.50. The van der Waals surface area contributed by atoms with Crippen LogP contribution in [0.2, 0.25) is 0 Å². The van der Waals surface area contributed by atoms with Crippen LogP contribution in [0.5, 0.6) is 0 Å². The van der Waals surface area contributed by atoms with Crippen LogP contribution in [0.3, 0.4) is 0 Å². The molecule has 2 aliphatic rings. The summed E-state index contributed by atoms with van der Waals surface area (Å²) in [6.07, 6.45) is 9.33.